The topological polar surface area (TPSA) is 48.1 Å². The number of likely N-dealkylation sites (tertiary alicyclic amines) is 1. The Hall–Kier alpha value is -1.33. The van der Waals surface area contributed by atoms with Gasteiger partial charge in [0.2, 0.25) is 0 Å². The summed E-state index contributed by atoms with van der Waals surface area (Å²) in [7, 11) is 0. The van der Waals surface area contributed by atoms with Crippen LogP contribution in [-0.4, -0.2) is 42.0 Å². The molecule has 3 rings (SSSR count). The number of amides is 1. The maximum absolute atomic E-state index is 12.3. The minimum atomic E-state index is -0.0462. The number of nitrogens with one attached hydrogen (secondary N) is 2. The highest BCUT2D eigenvalue weighted by molar-refractivity contribution is 9.10. The van der Waals surface area contributed by atoms with Crippen molar-refractivity contribution in [2.24, 2.45) is 0 Å². The molecule has 0 bridgehead atoms. The molecule has 0 saturated carbocycles. The van der Waals surface area contributed by atoms with Gasteiger partial charge in [0.1, 0.15) is 5.69 Å². The first-order chi connectivity index (χ1) is 10.3. The average molecular weight is 350 g/mol. The number of para-hydroxylation sites is 1. The Morgan fingerprint density at radius 3 is 2.76 bits per heavy atom. The normalized spacial score (nSPS) is 16.2. The van der Waals surface area contributed by atoms with Crippen LogP contribution in [0, 0.1) is 0 Å². The van der Waals surface area contributed by atoms with Gasteiger partial charge in [0.15, 0.2) is 0 Å². The third-order valence-electron chi connectivity index (χ3n) is 4.03. The number of rotatable bonds is 4. The molecular weight excluding hydrogens is 330 g/mol. The first-order valence-corrected chi connectivity index (χ1v) is 8.32. The lowest BCUT2D eigenvalue weighted by atomic mass is 10.1. The third kappa shape index (κ3) is 3.30. The Kier molecular flexibility index (Phi) is 4.60. The number of carbonyl (C=O) groups is 1. The van der Waals surface area contributed by atoms with Crippen molar-refractivity contribution in [3.63, 3.8) is 0 Å². The van der Waals surface area contributed by atoms with E-state index in [4.69, 9.17) is 0 Å². The standard InChI is InChI=1S/C16H20BrN3O/c17-14-12-6-2-3-7-13(12)19-15(14)16(21)18-8-11-20-9-4-1-5-10-20/h2-3,6-7,19H,1,4-5,8-11H2,(H,18,21). The number of nitrogens with zero attached hydrogens (tertiary/aromatic N) is 1. The summed E-state index contributed by atoms with van der Waals surface area (Å²) in [5.74, 6) is -0.0462. The zero-order valence-corrected chi connectivity index (χ0v) is 13.6. The van der Waals surface area contributed by atoms with Crippen molar-refractivity contribution in [3.05, 3.63) is 34.4 Å². The molecule has 2 heterocycles. The van der Waals surface area contributed by atoms with E-state index >= 15 is 0 Å². The fourth-order valence-electron chi connectivity index (χ4n) is 2.86. The Morgan fingerprint density at radius 1 is 1.24 bits per heavy atom. The van der Waals surface area contributed by atoms with E-state index in [0.717, 1.165) is 35.0 Å². The molecule has 2 aromatic rings. The van der Waals surface area contributed by atoms with Gasteiger partial charge in [0.05, 0.1) is 4.47 Å². The van der Waals surface area contributed by atoms with E-state index in [1.165, 1.54) is 19.3 Å². The minimum absolute atomic E-state index is 0.0462. The molecule has 1 aromatic carbocycles. The zero-order chi connectivity index (χ0) is 14.7. The molecule has 2 N–H and O–H groups in total. The Morgan fingerprint density at radius 2 is 2.00 bits per heavy atom. The van der Waals surface area contributed by atoms with Crippen LogP contribution < -0.4 is 5.32 Å². The lowest BCUT2D eigenvalue weighted by molar-refractivity contribution is 0.0941. The maximum atomic E-state index is 12.3. The van der Waals surface area contributed by atoms with Crippen molar-refractivity contribution < 1.29 is 4.79 Å². The highest BCUT2D eigenvalue weighted by atomic mass is 79.9. The van der Waals surface area contributed by atoms with Crippen LogP contribution in [0.4, 0.5) is 0 Å². The molecular formula is C16H20BrN3O. The molecule has 5 heteroatoms. The van der Waals surface area contributed by atoms with Gasteiger partial charge in [-0.25, -0.2) is 0 Å². The molecule has 1 aliphatic rings. The molecule has 0 atom stereocenters. The van der Waals surface area contributed by atoms with Crippen LogP contribution >= 0.6 is 15.9 Å². The summed E-state index contributed by atoms with van der Waals surface area (Å²) < 4.78 is 0.841. The second-order valence-electron chi connectivity index (χ2n) is 5.52. The molecule has 1 saturated heterocycles. The van der Waals surface area contributed by atoms with Gasteiger partial charge in [-0.1, -0.05) is 24.6 Å². The summed E-state index contributed by atoms with van der Waals surface area (Å²) in [6.07, 6.45) is 3.90. The highest BCUT2D eigenvalue weighted by Gasteiger charge is 2.16. The second-order valence-corrected chi connectivity index (χ2v) is 6.31. The van der Waals surface area contributed by atoms with E-state index in [9.17, 15) is 4.79 Å². The summed E-state index contributed by atoms with van der Waals surface area (Å²) in [4.78, 5) is 17.9. The molecule has 1 amide bonds. The molecule has 0 spiro atoms. The molecule has 21 heavy (non-hydrogen) atoms. The number of H-pyrrole nitrogens is 1. The fourth-order valence-corrected chi connectivity index (χ4v) is 3.49. The summed E-state index contributed by atoms with van der Waals surface area (Å²) >= 11 is 3.52. The predicted molar refractivity (Wildman–Crippen MR) is 88.6 cm³/mol. The van der Waals surface area contributed by atoms with Gasteiger partial charge >= 0.3 is 0 Å². The van der Waals surface area contributed by atoms with E-state index in [1.807, 2.05) is 24.3 Å². The molecule has 4 nitrogen and oxygen atoms in total. The van der Waals surface area contributed by atoms with Crippen LogP contribution in [0.2, 0.25) is 0 Å². The van der Waals surface area contributed by atoms with Crippen molar-refractivity contribution >= 4 is 32.7 Å². The number of carbonyl (C=O) groups excluding carboxylic acids is 1. The van der Waals surface area contributed by atoms with E-state index in [1.54, 1.807) is 0 Å². The number of aromatic nitrogens is 1. The summed E-state index contributed by atoms with van der Waals surface area (Å²) in [5, 5.41) is 4.05. The number of hydrogen-bond acceptors (Lipinski definition) is 2. The predicted octanol–water partition coefficient (Wildman–Crippen LogP) is 3.15. The van der Waals surface area contributed by atoms with Crippen molar-refractivity contribution in [1.82, 2.24) is 15.2 Å². The van der Waals surface area contributed by atoms with Crippen molar-refractivity contribution in [3.8, 4) is 0 Å². The van der Waals surface area contributed by atoms with Gasteiger partial charge in [0.25, 0.3) is 5.91 Å². The highest BCUT2D eigenvalue weighted by Crippen LogP contribution is 2.27. The number of benzene rings is 1. The van der Waals surface area contributed by atoms with Crippen LogP contribution in [0.25, 0.3) is 10.9 Å². The second kappa shape index (κ2) is 6.62. The molecule has 0 radical (unpaired) electrons. The molecule has 1 aliphatic heterocycles. The molecule has 1 fully saturated rings. The van der Waals surface area contributed by atoms with Crippen molar-refractivity contribution in [1.29, 1.82) is 0 Å². The van der Waals surface area contributed by atoms with E-state index < -0.39 is 0 Å². The van der Waals surface area contributed by atoms with E-state index in [0.29, 0.717) is 12.2 Å². The lowest BCUT2D eigenvalue weighted by Crippen LogP contribution is -2.37. The lowest BCUT2D eigenvalue weighted by Gasteiger charge is -2.26. The number of piperidine rings is 1. The molecule has 0 aliphatic carbocycles. The van der Waals surface area contributed by atoms with Gasteiger partial charge < -0.3 is 15.2 Å². The van der Waals surface area contributed by atoms with Gasteiger partial charge in [-0.15, -0.1) is 0 Å². The fraction of sp³-hybridized carbons (Fsp3) is 0.438. The van der Waals surface area contributed by atoms with E-state index in [2.05, 4.69) is 31.1 Å². The number of halogens is 1. The summed E-state index contributed by atoms with van der Waals surface area (Å²) in [6.45, 7) is 3.95. The van der Waals surface area contributed by atoms with Crippen LogP contribution in [-0.2, 0) is 0 Å². The summed E-state index contributed by atoms with van der Waals surface area (Å²) in [6, 6.07) is 7.91. The van der Waals surface area contributed by atoms with Crippen LogP contribution in [0.5, 0.6) is 0 Å². The van der Waals surface area contributed by atoms with Crippen LogP contribution in [0.15, 0.2) is 28.7 Å². The van der Waals surface area contributed by atoms with Gasteiger partial charge in [-0.05, 0) is 47.9 Å². The minimum Gasteiger partial charge on any atom is -0.350 e. The van der Waals surface area contributed by atoms with Crippen LogP contribution in [0.3, 0.4) is 0 Å². The number of fused-ring (bicyclic) bond motifs is 1. The monoisotopic (exact) mass is 349 g/mol. The third-order valence-corrected chi connectivity index (χ3v) is 4.86. The van der Waals surface area contributed by atoms with Crippen molar-refractivity contribution in [2.75, 3.05) is 26.2 Å². The number of aromatic amines is 1. The Bertz CT molecular complexity index is 631. The van der Waals surface area contributed by atoms with Gasteiger partial charge in [-0.3, -0.25) is 4.79 Å². The SMILES string of the molecule is O=C(NCCN1CCCCC1)c1[nH]c2ccccc2c1Br. The quantitative estimate of drug-likeness (QED) is 0.890. The number of hydrogen-bond donors (Lipinski definition) is 2. The first-order valence-electron chi connectivity index (χ1n) is 7.52. The molecule has 0 unspecified atom stereocenters. The van der Waals surface area contributed by atoms with Crippen LogP contribution in [0.1, 0.15) is 29.8 Å². The Balaban J connectivity index is 1.60. The maximum Gasteiger partial charge on any atom is 0.268 e. The molecule has 112 valence electrons. The zero-order valence-electron chi connectivity index (χ0n) is 12.0. The summed E-state index contributed by atoms with van der Waals surface area (Å²) in [5.41, 5.74) is 1.58. The van der Waals surface area contributed by atoms with Gasteiger partial charge in [0, 0.05) is 24.0 Å². The van der Waals surface area contributed by atoms with E-state index in [-0.39, 0.29) is 5.91 Å². The molecule has 1 aromatic heterocycles. The average Bonchev–Trinajstić information content (AvgIpc) is 2.86. The Labute approximate surface area is 133 Å². The van der Waals surface area contributed by atoms with Crippen molar-refractivity contribution in [2.45, 2.75) is 19.3 Å². The first kappa shape index (κ1) is 14.6. The smallest absolute Gasteiger partial charge is 0.268 e. The largest absolute Gasteiger partial charge is 0.350 e. The van der Waals surface area contributed by atoms with Gasteiger partial charge in [-0.2, -0.15) is 0 Å².